The Hall–Kier alpha value is -1.35. The number of hydrogen-bond acceptors (Lipinski definition) is 3. The van der Waals surface area contributed by atoms with Crippen LogP contribution in [0.4, 0.5) is 0 Å². The molecule has 3 nitrogen and oxygen atoms in total. The molecule has 0 spiro atoms. The van der Waals surface area contributed by atoms with E-state index in [9.17, 15) is 9.90 Å². The summed E-state index contributed by atoms with van der Waals surface area (Å²) in [5, 5.41) is 10.2. The van der Waals surface area contributed by atoms with Crippen LogP contribution in [0.5, 0.6) is 5.75 Å². The maximum Gasteiger partial charge on any atom is 0.171 e. The van der Waals surface area contributed by atoms with E-state index in [-0.39, 0.29) is 5.78 Å². The van der Waals surface area contributed by atoms with Crippen LogP contribution in [-0.4, -0.2) is 18.0 Å². The van der Waals surface area contributed by atoms with Gasteiger partial charge in [0.25, 0.3) is 0 Å². The first-order valence-corrected chi connectivity index (χ1v) is 6.06. The zero-order valence-corrected chi connectivity index (χ0v) is 12.0. The Labute approximate surface area is 109 Å². The van der Waals surface area contributed by atoms with Gasteiger partial charge in [0, 0.05) is 5.41 Å². The topological polar surface area (TPSA) is 46.5 Å². The number of ether oxygens (including phenoxy) is 1. The molecule has 3 heteroatoms. The molecule has 1 atom stereocenters. The maximum atomic E-state index is 12.1. The van der Waals surface area contributed by atoms with E-state index in [0.717, 1.165) is 16.9 Å². The lowest BCUT2D eigenvalue weighted by Crippen LogP contribution is -2.27. The average molecular weight is 250 g/mol. The zero-order valence-electron chi connectivity index (χ0n) is 12.0. The van der Waals surface area contributed by atoms with E-state index in [1.54, 1.807) is 19.2 Å². The van der Waals surface area contributed by atoms with Gasteiger partial charge in [0.1, 0.15) is 11.9 Å². The number of rotatable bonds is 3. The third-order valence-corrected chi connectivity index (χ3v) is 3.28. The van der Waals surface area contributed by atoms with Gasteiger partial charge in [0.05, 0.1) is 7.11 Å². The van der Waals surface area contributed by atoms with E-state index in [0.29, 0.717) is 5.56 Å². The first kappa shape index (κ1) is 14.7. The smallest absolute Gasteiger partial charge is 0.171 e. The minimum atomic E-state index is -1.07. The molecule has 1 aromatic rings. The molecule has 0 bridgehead atoms. The number of hydrogen-bond donors (Lipinski definition) is 1. The van der Waals surface area contributed by atoms with Crippen LogP contribution in [0.25, 0.3) is 0 Å². The predicted octanol–water partition coefficient (Wildman–Crippen LogP) is 2.96. The predicted molar refractivity (Wildman–Crippen MR) is 71.9 cm³/mol. The zero-order chi connectivity index (χ0) is 14.1. The lowest BCUT2D eigenvalue weighted by molar-refractivity contribution is -0.135. The van der Waals surface area contributed by atoms with Crippen LogP contribution in [0.15, 0.2) is 12.1 Å². The Kier molecular flexibility index (Phi) is 4.17. The van der Waals surface area contributed by atoms with Crippen molar-refractivity contribution in [3.05, 3.63) is 28.8 Å². The number of carbonyl (C=O) groups is 1. The fourth-order valence-corrected chi connectivity index (χ4v) is 1.89. The van der Waals surface area contributed by atoms with Crippen LogP contribution in [0.3, 0.4) is 0 Å². The van der Waals surface area contributed by atoms with Crippen LogP contribution in [0.2, 0.25) is 0 Å². The van der Waals surface area contributed by atoms with Crippen LogP contribution in [0.1, 0.15) is 43.6 Å². The SMILES string of the molecule is COc1ccc(C(O)C(=O)C(C)(C)C)c(C)c1C. The highest BCUT2D eigenvalue weighted by Crippen LogP contribution is 2.31. The van der Waals surface area contributed by atoms with Gasteiger partial charge in [-0.1, -0.05) is 26.8 Å². The summed E-state index contributed by atoms with van der Waals surface area (Å²) in [6, 6.07) is 3.55. The van der Waals surface area contributed by atoms with Gasteiger partial charge in [-0.25, -0.2) is 0 Å². The van der Waals surface area contributed by atoms with Crippen LogP contribution in [0, 0.1) is 19.3 Å². The Morgan fingerprint density at radius 3 is 2.22 bits per heavy atom. The van der Waals surface area contributed by atoms with E-state index in [4.69, 9.17) is 4.74 Å². The fourth-order valence-electron chi connectivity index (χ4n) is 1.89. The fraction of sp³-hybridized carbons (Fsp3) is 0.533. The molecule has 0 saturated heterocycles. The first-order valence-electron chi connectivity index (χ1n) is 6.06. The number of ketones is 1. The van der Waals surface area contributed by atoms with Crippen molar-refractivity contribution in [3.63, 3.8) is 0 Å². The van der Waals surface area contributed by atoms with Gasteiger partial charge in [-0.05, 0) is 36.6 Å². The van der Waals surface area contributed by atoms with Gasteiger partial charge in [0.2, 0.25) is 0 Å². The lowest BCUT2D eigenvalue weighted by atomic mass is 9.83. The molecule has 1 N–H and O–H groups in total. The lowest BCUT2D eigenvalue weighted by Gasteiger charge is -2.23. The van der Waals surface area contributed by atoms with E-state index in [1.165, 1.54) is 0 Å². The second kappa shape index (κ2) is 5.11. The van der Waals surface area contributed by atoms with Crippen LogP contribution >= 0.6 is 0 Å². The van der Waals surface area contributed by atoms with Gasteiger partial charge in [-0.2, -0.15) is 0 Å². The van der Waals surface area contributed by atoms with Gasteiger partial charge in [0.15, 0.2) is 5.78 Å². The molecule has 0 fully saturated rings. The number of aliphatic hydroxyl groups excluding tert-OH is 1. The Balaban J connectivity index is 3.19. The number of aliphatic hydroxyl groups is 1. The van der Waals surface area contributed by atoms with Crippen molar-refractivity contribution in [1.29, 1.82) is 0 Å². The molecule has 0 aliphatic heterocycles. The second-order valence-electron chi connectivity index (χ2n) is 5.62. The Morgan fingerprint density at radius 2 is 1.78 bits per heavy atom. The first-order chi connectivity index (χ1) is 8.20. The molecule has 0 aliphatic carbocycles. The minimum absolute atomic E-state index is 0.171. The van der Waals surface area contributed by atoms with Crippen molar-refractivity contribution in [2.24, 2.45) is 5.41 Å². The minimum Gasteiger partial charge on any atom is -0.496 e. The summed E-state index contributed by atoms with van der Waals surface area (Å²) in [4.78, 5) is 12.1. The molecular formula is C15H22O3. The summed E-state index contributed by atoms with van der Waals surface area (Å²) in [6.45, 7) is 9.25. The molecule has 0 aliphatic rings. The van der Waals surface area contributed by atoms with Crippen molar-refractivity contribution in [2.75, 3.05) is 7.11 Å². The van der Waals surface area contributed by atoms with Crippen molar-refractivity contribution >= 4 is 5.78 Å². The summed E-state index contributed by atoms with van der Waals surface area (Å²) >= 11 is 0. The number of methoxy groups -OCH3 is 1. The van der Waals surface area contributed by atoms with E-state index < -0.39 is 11.5 Å². The van der Waals surface area contributed by atoms with Crippen LogP contribution < -0.4 is 4.74 Å². The quantitative estimate of drug-likeness (QED) is 0.897. The summed E-state index contributed by atoms with van der Waals surface area (Å²) in [5.74, 6) is 0.599. The van der Waals surface area contributed by atoms with Gasteiger partial charge in [-0.15, -0.1) is 0 Å². The average Bonchev–Trinajstić information content (AvgIpc) is 2.29. The molecule has 1 rings (SSSR count). The highest BCUT2D eigenvalue weighted by Gasteiger charge is 2.30. The standard InChI is InChI=1S/C15H22O3/c1-9-10(2)12(18-6)8-7-11(9)13(16)14(17)15(3,4)5/h7-8,13,16H,1-6H3. The maximum absolute atomic E-state index is 12.1. The molecule has 1 aromatic carbocycles. The second-order valence-corrected chi connectivity index (χ2v) is 5.62. The van der Waals surface area contributed by atoms with Crippen molar-refractivity contribution in [3.8, 4) is 5.75 Å². The monoisotopic (exact) mass is 250 g/mol. The Bertz CT molecular complexity index is 456. The molecule has 0 amide bonds. The summed E-state index contributed by atoms with van der Waals surface area (Å²) in [6.07, 6.45) is -1.07. The molecule has 0 radical (unpaired) electrons. The molecule has 100 valence electrons. The molecule has 0 saturated carbocycles. The molecule has 1 unspecified atom stereocenters. The van der Waals surface area contributed by atoms with Gasteiger partial charge >= 0.3 is 0 Å². The molecular weight excluding hydrogens is 228 g/mol. The summed E-state index contributed by atoms with van der Waals surface area (Å²) in [5.41, 5.74) is 1.96. The van der Waals surface area contributed by atoms with Crippen molar-refractivity contribution in [2.45, 2.75) is 40.7 Å². The third-order valence-electron chi connectivity index (χ3n) is 3.28. The van der Waals surface area contributed by atoms with Crippen LogP contribution in [-0.2, 0) is 4.79 Å². The normalized spacial score (nSPS) is 13.3. The Morgan fingerprint density at radius 1 is 1.22 bits per heavy atom. The number of carbonyl (C=O) groups excluding carboxylic acids is 1. The van der Waals surface area contributed by atoms with Gasteiger partial charge < -0.3 is 9.84 Å². The highest BCUT2D eigenvalue weighted by atomic mass is 16.5. The molecule has 0 heterocycles. The highest BCUT2D eigenvalue weighted by molar-refractivity contribution is 5.89. The van der Waals surface area contributed by atoms with E-state index in [1.807, 2.05) is 34.6 Å². The van der Waals surface area contributed by atoms with Gasteiger partial charge in [-0.3, -0.25) is 4.79 Å². The number of Topliss-reactive ketones (excluding diaryl/α,β-unsaturated/α-hetero) is 1. The van der Waals surface area contributed by atoms with Crippen molar-refractivity contribution in [1.82, 2.24) is 0 Å². The summed E-state index contributed by atoms with van der Waals surface area (Å²) < 4.78 is 5.22. The number of benzene rings is 1. The van der Waals surface area contributed by atoms with E-state index >= 15 is 0 Å². The largest absolute Gasteiger partial charge is 0.496 e. The summed E-state index contributed by atoms with van der Waals surface area (Å²) in [7, 11) is 1.61. The molecule has 18 heavy (non-hydrogen) atoms. The molecule has 0 aromatic heterocycles. The third kappa shape index (κ3) is 2.72. The van der Waals surface area contributed by atoms with Crippen molar-refractivity contribution < 1.29 is 14.6 Å². The van der Waals surface area contributed by atoms with E-state index in [2.05, 4.69) is 0 Å².